The number of benzene rings is 1. The van der Waals surface area contributed by atoms with Crippen LogP contribution >= 0.6 is 0 Å². The molecule has 0 spiro atoms. The van der Waals surface area contributed by atoms with E-state index in [0.717, 1.165) is 4.90 Å². The van der Waals surface area contributed by atoms with E-state index in [1.807, 2.05) is 0 Å². The molecular formula is C16H17N3O5. The molecule has 1 aromatic rings. The van der Waals surface area contributed by atoms with Crippen molar-refractivity contribution in [1.29, 1.82) is 0 Å². The van der Waals surface area contributed by atoms with Crippen LogP contribution in [0.4, 0.5) is 10.5 Å². The summed E-state index contributed by atoms with van der Waals surface area (Å²) < 4.78 is 0. The van der Waals surface area contributed by atoms with E-state index < -0.39 is 11.0 Å². The molecule has 0 atom stereocenters. The lowest BCUT2D eigenvalue weighted by atomic mass is 10.0. The topological polar surface area (TPSA) is 101 Å². The van der Waals surface area contributed by atoms with Crippen molar-refractivity contribution in [3.63, 3.8) is 0 Å². The van der Waals surface area contributed by atoms with Gasteiger partial charge in [0.1, 0.15) is 6.54 Å². The number of nitro groups is 1. The highest BCUT2D eigenvalue weighted by molar-refractivity contribution is 6.05. The number of amides is 3. The van der Waals surface area contributed by atoms with Crippen LogP contribution in [0, 0.1) is 10.1 Å². The van der Waals surface area contributed by atoms with Gasteiger partial charge in [0.25, 0.3) is 11.6 Å². The van der Waals surface area contributed by atoms with E-state index in [1.54, 1.807) is 13.0 Å². The summed E-state index contributed by atoms with van der Waals surface area (Å²) in [5, 5.41) is 10.8. The lowest BCUT2D eigenvalue weighted by Crippen LogP contribution is -2.34. The van der Waals surface area contributed by atoms with Crippen LogP contribution in [-0.2, 0) is 9.59 Å². The molecule has 1 aliphatic heterocycles. The molecule has 1 aromatic carbocycles. The van der Waals surface area contributed by atoms with E-state index in [1.165, 1.54) is 36.2 Å². The molecule has 1 fully saturated rings. The van der Waals surface area contributed by atoms with Gasteiger partial charge in [-0.3, -0.25) is 24.6 Å². The van der Waals surface area contributed by atoms with Crippen LogP contribution in [0.2, 0.25) is 0 Å². The fourth-order valence-corrected chi connectivity index (χ4v) is 2.37. The van der Waals surface area contributed by atoms with Crippen LogP contribution in [-0.4, -0.2) is 52.6 Å². The van der Waals surface area contributed by atoms with Crippen molar-refractivity contribution in [2.24, 2.45) is 0 Å². The first-order valence-electron chi connectivity index (χ1n) is 7.37. The zero-order chi connectivity index (χ0) is 17.9. The van der Waals surface area contributed by atoms with Gasteiger partial charge in [0.15, 0.2) is 5.78 Å². The Kier molecular flexibility index (Phi) is 5.08. The zero-order valence-electron chi connectivity index (χ0n) is 13.4. The molecule has 1 aliphatic rings. The molecule has 3 amide bonds. The number of hydrogen-bond donors (Lipinski definition) is 0. The molecule has 0 unspecified atom stereocenters. The van der Waals surface area contributed by atoms with Gasteiger partial charge >= 0.3 is 6.03 Å². The van der Waals surface area contributed by atoms with E-state index in [0.29, 0.717) is 5.56 Å². The van der Waals surface area contributed by atoms with Gasteiger partial charge < -0.3 is 4.90 Å². The van der Waals surface area contributed by atoms with Crippen LogP contribution in [0.15, 0.2) is 29.8 Å². The third-order valence-electron chi connectivity index (χ3n) is 3.66. The van der Waals surface area contributed by atoms with Gasteiger partial charge in [-0.05, 0) is 11.6 Å². The van der Waals surface area contributed by atoms with E-state index in [2.05, 4.69) is 0 Å². The van der Waals surface area contributed by atoms with Crippen molar-refractivity contribution >= 4 is 29.5 Å². The van der Waals surface area contributed by atoms with Crippen LogP contribution in [0.5, 0.6) is 0 Å². The van der Waals surface area contributed by atoms with Crippen LogP contribution in [0.25, 0.3) is 6.08 Å². The Hall–Kier alpha value is -3.03. The maximum Gasteiger partial charge on any atom is 0.327 e. The number of rotatable bonds is 6. The molecule has 126 valence electrons. The summed E-state index contributed by atoms with van der Waals surface area (Å²) in [7, 11) is 1.51. The second-order valence-electron chi connectivity index (χ2n) is 5.42. The first kappa shape index (κ1) is 17.3. The summed E-state index contributed by atoms with van der Waals surface area (Å²) in [6.07, 6.45) is 1.69. The number of non-ortho nitro benzene ring substituents is 1. The smallest absolute Gasteiger partial charge is 0.318 e. The SMILES string of the molecule is CCC(=O)/C(=C/c1cccc([N+](=O)[O-])c1)CN1C(=O)CN(C)C1=O. The summed E-state index contributed by atoms with van der Waals surface area (Å²) in [5.41, 5.74) is 0.628. The molecular weight excluding hydrogens is 314 g/mol. The summed E-state index contributed by atoms with van der Waals surface area (Å²) in [5.74, 6) is -0.604. The standard InChI is InChI=1S/C16H17N3O5/c1-3-14(20)12(9-18-15(21)10-17(2)16(18)22)7-11-5-4-6-13(8-11)19(23)24/h4-8H,3,9-10H2,1-2H3/b12-7+. The van der Waals surface area contributed by atoms with Crippen molar-refractivity contribution in [3.8, 4) is 0 Å². The first-order chi connectivity index (χ1) is 11.3. The van der Waals surface area contributed by atoms with E-state index in [4.69, 9.17) is 0 Å². The second kappa shape index (κ2) is 7.03. The number of ketones is 1. The van der Waals surface area contributed by atoms with Crippen molar-refractivity contribution in [3.05, 3.63) is 45.5 Å². The molecule has 0 N–H and O–H groups in total. The minimum Gasteiger partial charge on any atom is -0.318 e. The normalized spacial score (nSPS) is 15.2. The number of nitrogens with zero attached hydrogens (tertiary/aromatic N) is 3. The Bertz CT molecular complexity index is 741. The molecule has 1 heterocycles. The van der Waals surface area contributed by atoms with E-state index in [-0.39, 0.29) is 42.5 Å². The summed E-state index contributed by atoms with van der Waals surface area (Å²) in [6, 6.07) is 5.35. The number of urea groups is 1. The molecule has 1 saturated heterocycles. The number of hydrogen-bond acceptors (Lipinski definition) is 5. The molecule has 8 heteroatoms. The lowest BCUT2D eigenvalue weighted by Gasteiger charge is -2.15. The molecule has 24 heavy (non-hydrogen) atoms. The number of nitro benzene ring substituents is 1. The molecule has 0 bridgehead atoms. The Morgan fingerprint density at radius 2 is 2.08 bits per heavy atom. The molecule has 0 saturated carbocycles. The molecule has 0 aliphatic carbocycles. The maximum absolute atomic E-state index is 12.2. The number of carbonyl (C=O) groups is 3. The zero-order valence-corrected chi connectivity index (χ0v) is 13.4. The van der Waals surface area contributed by atoms with E-state index >= 15 is 0 Å². The molecule has 0 aromatic heterocycles. The van der Waals surface area contributed by atoms with Crippen molar-refractivity contribution < 1.29 is 19.3 Å². The number of likely N-dealkylation sites (N-methyl/N-ethyl adjacent to an activating group) is 1. The predicted molar refractivity (Wildman–Crippen MR) is 86.1 cm³/mol. The average molecular weight is 331 g/mol. The van der Waals surface area contributed by atoms with Gasteiger partial charge in [0.2, 0.25) is 0 Å². The average Bonchev–Trinajstić information content (AvgIpc) is 2.79. The summed E-state index contributed by atoms with van der Waals surface area (Å²) >= 11 is 0. The van der Waals surface area contributed by atoms with Gasteiger partial charge in [0.05, 0.1) is 11.5 Å². The Morgan fingerprint density at radius 1 is 1.38 bits per heavy atom. The maximum atomic E-state index is 12.2. The number of carbonyl (C=O) groups excluding carboxylic acids is 3. The highest BCUT2D eigenvalue weighted by atomic mass is 16.6. The largest absolute Gasteiger partial charge is 0.327 e. The summed E-state index contributed by atoms with van der Waals surface area (Å²) in [6.45, 7) is 1.50. The Morgan fingerprint density at radius 3 is 2.62 bits per heavy atom. The molecule has 8 nitrogen and oxygen atoms in total. The van der Waals surface area contributed by atoms with Crippen molar-refractivity contribution in [2.45, 2.75) is 13.3 Å². The third-order valence-corrected chi connectivity index (χ3v) is 3.66. The molecule has 2 rings (SSSR count). The van der Waals surface area contributed by atoms with Gasteiger partial charge in [-0.25, -0.2) is 4.79 Å². The van der Waals surface area contributed by atoms with Crippen molar-refractivity contribution in [2.75, 3.05) is 20.1 Å². The van der Waals surface area contributed by atoms with Gasteiger partial charge in [-0.2, -0.15) is 0 Å². The first-order valence-corrected chi connectivity index (χ1v) is 7.37. The van der Waals surface area contributed by atoms with Crippen LogP contribution in [0.1, 0.15) is 18.9 Å². The Balaban J connectivity index is 2.34. The molecule has 0 radical (unpaired) electrons. The van der Waals surface area contributed by atoms with Crippen LogP contribution in [0.3, 0.4) is 0 Å². The highest BCUT2D eigenvalue weighted by Gasteiger charge is 2.34. The minimum absolute atomic E-state index is 0.0246. The number of imide groups is 1. The van der Waals surface area contributed by atoms with Gasteiger partial charge in [-0.1, -0.05) is 19.1 Å². The fraction of sp³-hybridized carbons (Fsp3) is 0.312. The third kappa shape index (κ3) is 3.65. The van der Waals surface area contributed by atoms with E-state index in [9.17, 15) is 24.5 Å². The quantitative estimate of drug-likeness (QED) is 0.343. The van der Waals surface area contributed by atoms with Gasteiger partial charge in [0, 0.05) is 31.2 Å². The predicted octanol–water partition coefficient (Wildman–Crippen LogP) is 1.85. The van der Waals surface area contributed by atoms with Gasteiger partial charge in [-0.15, -0.1) is 0 Å². The summed E-state index contributed by atoms with van der Waals surface area (Å²) in [4.78, 5) is 48.6. The van der Waals surface area contributed by atoms with Crippen molar-refractivity contribution in [1.82, 2.24) is 9.80 Å². The van der Waals surface area contributed by atoms with Crippen LogP contribution < -0.4 is 0 Å². The number of Topliss-reactive ketones (excluding diaryl/α,β-unsaturated/α-hetero) is 1. The Labute approximate surface area is 138 Å². The highest BCUT2D eigenvalue weighted by Crippen LogP contribution is 2.18. The fourth-order valence-electron chi connectivity index (χ4n) is 2.37. The minimum atomic E-state index is -0.527. The monoisotopic (exact) mass is 331 g/mol. The lowest BCUT2D eigenvalue weighted by molar-refractivity contribution is -0.384. The second-order valence-corrected chi connectivity index (χ2v) is 5.42.